The Balaban J connectivity index is 2.59. The number of aromatic nitrogens is 3. The number of carbonyl (C=O) groups excluding carboxylic acids is 1. The first-order chi connectivity index (χ1) is 8.93. The van der Waals surface area contributed by atoms with Gasteiger partial charge in [-0.1, -0.05) is 26.8 Å². The van der Waals surface area contributed by atoms with Gasteiger partial charge >= 0.3 is 5.97 Å². The molecular weight excluding hydrogens is 242 g/mol. The normalized spacial score (nSPS) is 11.4. The number of hydrogen-bond acceptors (Lipinski definition) is 4. The molecule has 0 atom stereocenters. The standard InChI is InChI=1S/C14H17N3O2/c1-14(2,3)11-9-10(13(18)19-4)16-17(11)12-7-5-6-8-15-12/h5-9H,1-4H3. The molecule has 0 aliphatic rings. The van der Waals surface area contributed by atoms with E-state index in [1.807, 2.05) is 18.2 Å². The van der Waals surface area contributed by atoms with Crippen molar-refractivity contribution in [3.05, 3.63) is 41.9 Å². The number of rotatable bonds is 2. The van der Waals surface area contributed by atoms with Crippen LogP contribution in [0.4, 0.5) is 0 Å². The summed E-state index contributed by atoms with van der Waals surface area (Å²) in [7, 11) is 1.35. The summed E-state index contributed by atoms with van der Waals surface area (Å²) in [5.41, 5.74) is 1.04. The fraction of sp³-hybridized carbons (Fsp3) is 0.357. The van der Waals surface area contributed by atoms with Crippen molar-refractivity contribution in [2.45, 2.75) is 26.2 Å². The summed E-state index contributed by atoms with van der Waals surface area (Å²) >= 11 is 0. The Bertz CT molecular complexity index is 582. The second-order valence-electron chi connectivity index (χ2n) is 5.26. The minimum atomic E-state index is -0.444. The highest BCUT2D eigenvalue weighted by Crippen LogP contribution is 2.25. The van der Waals surface area contributed by atoms with Crippen LogP contribution in [0.15, 0.2) is 30.5 Å². The Morgan fingerprint density at radius 2 is 2.05 bits per heavy atom. The molecule has 19 heavy (non-hydrogen) atoms. The van der Waals surface area contributed by atoms with Crippen molar-refractivity contribution < 1.29 is 9.53 Å². The Morgan fingerprint density at radius 1 is 1.32 bits per heavy atom. The van der Waals surface area contributed by atoms with E-state index in [4.69, 9.17) is 4.74 Å². The highest BCUT2D eigenvalue weighted by molar-refractivity contribution is 5.87. The topological polar surface area (TPSA) is 57.0 Å². The Morgan fingerprint density at radius 3 is 2.58 bits per heavy atom. The van der Waals surface area contributed by atoms with E-state index in [1.54, 1.807) is 16.9 Å². The van der Waals surface area contributed by atoms with Crippen LogP contribution in [0.3, 0.4) is 0 Å². The van der Waals surface area contributed by atoms with Gasteiger partial charge in [-0.25, -0.2) is 14.5 Å². The first kappa shape index (κ1) is 13.3. The largest absolute Gasteiger partial charge is 0.464 e. The third-order valence-corrected chi connectivity index (χ3v) is 2.74. The van der Waals surface area contributed by atoms with Gasteiger partial charge in [-0.2, -0.15) is 5.10 Å². The highest BCUT2D eigenvalue weighted by Gasteiger charge is 2.24. The molecule has 5 heteroatoms. The molecule has 0 saturated carbocycles. The van der Waals surface area contributed by atoms with E-state index in [2.05, 4.69) is 30.9 Å². The van der Waals surface area contributed by atoms with Crippen LogP contribution >= 0.6 is 0 Å². The zero-order valence-corrected chi connectivity index (χ0v) is 11.5. The average Bonchev–Trinajstić information content (AvgIpc) is 2.84. The van der Waals surface area contributed by atoms with Crippen LogP contribution in [0, 0.1) is 0 Å². The highest BCUT2D eigenvalue weighted by atomic mass is 16.5. The van der Waals surface area contributed by atoms with Gasteiger partial charge in [0.25, 0.3) is 0 Å². The minimum Gasteiger partial charge on any atom is -0.464 e. The molecule has 2 rings (SSSR count). The van der Waals surface area contributed by atoms with Crippen LogP contribution < -0.4 is 0 Å². The molecule has 0 aromatic carbocycles. The van der Waals surface area contributed by atoms with Crippen molar-refractivity contribution in [3.8, 4) is 5.82 Å². The van der Waals surface area contributed by atoms with Gasteiger partial charge in [0.2, 0.25) is 0 Å². The molecule has 2 aromatic rings. The molecule has 5 nitrogen and oxygen atoms in total. The molecule has 0 N–H and O–H groups in total. The molecule has 100 valence electrons. The van der Waals surface area contributed by atoms with Gasteiger partial charge in [-0.3, -0.25) is 0 Å². The molecule has 0 saturated heterocycles. The molecule has 0 amide bonds. The number of nitrogens with zero attached hydrogens (tertiary/aromatic N) is 3. The number of carbonyl (C=O) groups is 1. The van der Waals surface area contributed by atoms with E-state index in [0.29, 0.717) is 5.82 Å². The molecule has 0 aliphatic heterocycles. The molecule has 0 spiro atoms. The van der Waals surface area contributed by atoms with Crippen molar-refractivity contribution in [1.29, 1.82) is 0 Å². The van der Waals surface area contributed by atoms with Gasteiger partial charge in [-0.05, 0) is 18.2 Å². The van der Waals surface area contributed by atoms with Gasteiger partial charge in [-0.15, -0.1) is 0 Å². The lowest BCUT2D eigenvalue weighted by atomic mass is 9.92. The molecule has 0 unspecified atom stereocenters. The second kappa shape index (κ2) is 4.84. The SMILES string of the molecule is COC(=O)c1cc(C(C)(C)C)n(-c2ccccn2)n1. The zero-order valence-electron chi connectivity index (χ0n) is 11.5. The van der Waals surface area contributed by atoms with E-state index in [-0.39, 0.29) is 11.1 Å². The number of ether oxygens (including phenoxy) is 1. The third-order valence-electron chi connectivity index (χ3n) is 2.74. The summed E-state index contributed by atoms with van der Waals surface area (Å²) in [5, 5.41) is 4.30. The molecule has 0 fully saturated rings. The fourth-order valence-corrected chi connectivity index (χ4v) is 1.77. The molecule has 2 heterocycles. The van der Waals surface area contributed by atoms with Gasteiger partial charge in [0.1, 0.15) is 0 Å². The van der Waals surface area contributed by atoms with Gasteiger partial charge in [0.15, 0.2) is 11.5 Å². The predicted molar refractivity (Wildman–Crippen MR) is 71.4 cm³/mol. The van der Waals surface area contributed by atoms with Crippen LogP contribution in [-0.4, -0.2) is 27.8 Å². The van der Waals surface area contributed by atoms with Crippen LogP contribution in [0.1, 0.15) is 37.0 Å². The summed E-state index contributed by atoms with van der Waals surface area (Å²) in [6.45, 7) is 6.18. The zero-order chi connectivity index (χ0) is 14.0. The monoisotopic (exact) mass is 259 g/mol. The average molecular weight is 259 g/mol. The van der Waals surface area contributed by atoms with Crippen molar-refractivity contribution in [3.63, 3.8) is 0 Å². The van der Waals surface area contributed by atoms with Gasteiger partial charge in [0.05, 0.1) is 12.8 Å². The van der Waals surface area contributed by atoms with Crippen molar-refractivity contribution >= 4 is 5.97 Å². The molecule has 0 radical (unpaired) electrons. The second-order valence-corrected chi connectivity index (χ2v) is 5.26. The van der Waals surface area contributed by atoms with Crippen molar-refractivity contribution in [2.75, 3.05) is 7.11 Å². The lowest BCUT2D eigenvalue weighted by Gasteiger charge is -2.19. The number of pyridine rings is 1. The minimum absolute atomic E-state index is 0.156. The fourth-order valence-electron chi connectivity index (χ4n) is 1.77. The molecule has 0 bridgehead atoms. The third kappa shape index (κ3) is 2.65. The van der Waals surface area contributed by atoms with Crippen molar-refractivity contribution in [1.82, 2.24) is 14.8 Å². The Labute approximate surface area is 112 Å². The van der Waals surface area contributed by atoms with Gasteiger partial charge in [0, 0.05) is 11.6 Å². The maximum Gasteiger partial charge on any atom is 0.358 e. The molecule has 2 aromatic heterocycles. The van der Waals surface area contributed by atoms with E-state index in [9.17, 15) is 4.79 Å². The van der Waals surface area contributed by atoms with Crippen LogP contribution in [0.2, 0.25) is 0 Å². The lowest BCUT2D eigenvalue weighted by Crippen LogP contribution is -2.17. The predicted octanol–water partition coefficient (Wildman–Crippen LogP) is 2.35. The quantitative estimate of drug-likeness (QED) is 0.777. The van der Waals surface area contributed by atoms with Crippen LogP contribution in [-0.2, 0) is 10.2 Å². The van der Waals surface area contributed by atoms with Crippen molar-refractivity contribution in [2.24, 2.45) is 0 Å². The first-order valence-corrected chi connectivity index (χ1v) is 6.04. The summed E-state index contributed by atoms with van der Waals surface area (Å²) < 4.78 is 6.40. The number of methoxy groups -OCH3 is 1. The summed E-state index contributed by atoms with van der Waals surface area (Å²) in [4.78, 5) is 15.9. The maximum absolute atomic E-state index is 11.6. The molecule has 0 aliphatic carbocycles. The smallest absolute Gasteiger partial charge is 0.358 e. The van der Waals surface area contributed by atoms with Gasteiger partial charge < -0.3 is 4.74 Å². The van der Waals surface area contributed by atoms with E-state index in [0.717, 1.165) is 5.69 Å². The Hall–Kier alpha value is -2.17. The van der Waals surface area contributed by atoms with E-state index >= 15 is 0 Å². The van der Waals surface area contributed by atoms with E-state index in [1.165, 1.54) is 7.11 Å². The first-order valence-electron chi connectivity index (χ1n) is 6.04. The van der Waals surface area contributed by atoms with E-state index < -0.39 is 5.97 Å². The number of hydrogen-bond donors (Lipinski definition) is 0. The summed E-state index contributed by atoms with van der Waals surface area (Å²) in [6.07, 6.45) is 1.70. The van der Waals surface area contributed by atoms with Crippen LogP contribution in [0.5, 0.6) is 0 Å². The lowest BCUT2D eigenvalue weighted by molar-refractivity contribution is 0.0593. The molecular formula is C14H17N3O2. The van der Waals surface area contributed by atoms with Crippen LogP contribution in [0.25, 0.3) is 5.82 Å². The summed E-state index contributed by atoms with van der Waals surface area (Å²) in [6, 6.07) is 7.32. The Kier molecular flexibility index (Phi) is 3.38. The summed E-state index contributed by atoms with van der Waals surface area (Å²) in [5.74, 6) is 0.239. The number of esters is 1. The maximum atomic E-state index is 11.6.